The Bertz CT molecular complexity index is 1000. The number of esters is 1. The number of hydrogen-bond acceptors (Lipinski definition) is 4. The van der Waals surface area contributed by atoms with E-state index in [0.29, 0.717) is 12.8 Å². The zero-order chi connectivity index (χ0) is 23.1. The molecule has 0 saturated heterocycles. The van der Waals surface area contributed by atoms with E-state index in [-0.39, 0.29) is 0 Å². The molecule has 33 heavy (non-hydrogen) atoms. The molecule has 0 aliphatic heterocycles. The number of rotatable bonds is 7. The molecule has 3 aromatic carbocycles. The third kappa shape index (κ3) is 4.77. The zero-order valence-corrected chi connectivity index (χ0v) is 18.6. The number of ether oxygens (including phenoxy) is 2. The molecule has 0 aromatic heterocycles. The summed E-state index contributed by atoms with van der Waals surface area (Å²) in [5.41, 5.74) is 11.1. The molecule has 1 saturated carbocycles. The van der Waals surface area contributed by atoms with Crippen LogP contribution in [0.3, 0.4) is 0 Å². The van der Waals surface area contributed by atoms with E-state index in [1.165, 1.54) is 6.92 Å². The van der Waals surface area contributed by atoms with Crippen molar-refractivity contribution in [2.75, 3.05) is 0 Å². The molecule has 1 fully saturated rings. The first-order valence-corrected chi connectivity index (χ1v) is 11.2. The summed E-state index contributed by atoms with van der Waals surface area (Å²) in [5.74, 6) is -0.418. The van der Waals surface area contributed by atoms with Crippen LogP contribution in [0.25, 0.3) is 10.4 Å². The Morgan fingerprint density at radius 3 is 1.79 bits per heavy atom. The lowest BCUT2D eigenvalue weighted by Crippen LogP contribution is -2.49. The summed E-state index contributed by atoms with van der Waals surface area (Å²) in [6.07, 6.45) is 1.02. The van der Waals surface area contributed by atoms with Crippen LogP contribution >= 0.6 is 0 Å². The molecule has 0 unspecified atom stereocenters. The van der Waals surface area contributed by atoms with Gasteiger partial charge in [0, 0.05) is 11.8 Å². The minimum Gasteiger partial charge on any atom is -0.459 e. The molecule has 3 aromatic rings. The Morgan fingerprint density at radius 2 is 1.36 bits per heavy atom. The molecule has 0 spiro atoms. The van der Waals surface area contributed by atoms with Crippen LogP contribution < -0.4 is 0 Å². The third-order valence-corrected chi connectivity index (χ3v) is 6.11. The van der Waals surface area contributed by atoms with Crippen LogP contribution in [-0.2, 0) is 19.9 Å². The van der Waals surface area contributed by atoms with Gasteiger partial charge in [-0.1, -0.05) is 103 Å². The molecule has 6 heteroatoms. The van der Waals surface area contributed by atoms with Gasteiger partial charge in [0.1, 0.15) is 11.7 Å². The van der Waals surface area contributed by atoms with Crippen LogP contribution in [0, 0.1) is 0 Å². The van der Waals surface area contributed by atoms with Crippen molar-refractivity contribution in [3.63, 3.8) is 0 Å². The predicted molar refractivity (Wildman–Crippen MR) is 126 cm³/mol. The minimum atomic E-state index is -0.939. The summed E-state index contributed by atoms with van der Waals surface area (Å²) < 4.78 is 12.8. The molecule has 0 radical (unpaired) electrons. The predicted octanol–water partition coefficient (Wildman–Crippen LogP) is 6.16. The quantitative estimate of drug-likeness (QED) is 0.145. The van der Waals surface area contributed by atoms with E-state index in [0.717, 1.165) is 23.1 Å². The van der Waals surface area contributed by atoms with Crippen LogP contribution in [0.4, 0.5) is 0 Å². The monoisotopic (exact) mass is 441 g/mol. The van der Waals surface area contributed by atoms with E-state index >= 15 is 0 Å². The van der Waals surface area contributed by atoms with Crippen LogP contribution in [-0.4, -0.2) is 24.2 Å². The molecule has 0 amide bonds. The maximum absolute atomic E-state index is 12.0. The Kier molecular flexibility index (Phi) is 7.08. The van der Waals surface area contributed by atoms with Gasteiger partial charge in [-0.3, -0.25) is 4.79 Å². The molecule has 168 valence electrons. The topological polar surface area (TPSA) is 84.3 Å². The second-order valence-electron chi connectivity index (χ2n) is 8.21. The smallest absolute Gasteiger partial charge is 0.303 e. The van der Waals surface area contributed by atoms with Gasteiger partial charge in [-0.25, -0.2) is 0 Å². The summed E-state index contributed by atoms with van der Waals surface area (Å²) in [5, 5.41) is 3.94. The second-order valence-corrected chi connectivity index (χ2v) is 8.21. The Hall–Kier alpha value is -3.60. The average Bonchev–Trinajstić information content (AvgIpc) is 2.86. The van der Waals surface area contributed by atoms with Gasteiger partial charge < -0.3 is 9.47 Å². The molecular formula is C27H27N3O3. The SMILES string of the molecule is CC(=O)O[C@@H]1[C@@H](N=[N+]=[N-])CCC[C@H]1OC(c1ccccc1)(c1ccccc1)c1ccccc1. The van der Waals surface area contributed by atoms with Gasteiger partial charge >= 0.3 is 5.97 Å². The number of carbonyl (C=O) groups excluding carboxylic acids is 1. The van der Waals surface area contributed by atoms with E-state index in [9.17, 15) is 4.79 Å². The van der Waals surface area contributed by atoms with Gasteiger partial charge in [0.2, 0.25) is 0 Å². The first kappa shape index (κ1) is 22.6. The number of benzene rings is 3. The molecule has 0 N–H and O–H groups in total. The fraction of sp³-hybridized carbons (Fsp3) is 0.296. The van der Waals surface area contributed by atoms with Crippen molar-refractivity contribution in [3.05, 3.63) is 118 Å². The first-order valence-electron chi connectivity index (χ1n) is 11.2. The van der Waals surface area contributed by atoms with E-state index in [2.05, 4.69) is 46.4 Å². The van der Waals surface area contributed by atoms with Crippen molar-refractivity contribution in [2.45, 2.75) is 50.0 Å². The standard InChI is InChI=1S/C27H27N3O3/c1-20(31)32-26-24(29-30-28)18-11-19-25(26)33-27(21-12-5-2-6-13-21,22-14-7-3-8-15-22)23-16-9-4-10-17-23/h2-10,12-17,24-26H,11,18-19H2,1H3/t24-,25+,26+/m0/s1. The van der Waals surface area contributed by atoms with Crippen LogP contribution in [0.5, 0.6) is 0 Å². The lowest BCUT2D eigenvalue weighted by atomic mass is 9.79. The zero-order valence-electron chi connectivity index (χ0n) is 18.6. The fourth-order valence-corrected chi connectivity index (χ4v) is 4.72. The highest BCUT2D eigenvalue weighted by Crippen LogP contribution is 2.43. The highest BCUT2D eigenvalue weighted by Gasteiger charge is 2.45. The summed E-state index contributed by atoms with van der Waals surface area (Å²) in [6.45, 7) is 1.37. The van der Waals surface area contributed by atoms with E-state index in [1.54, 1.807) is 0 Å². The molecular weight excluding hydrogens is 414 g/mol. The maximum atomic E-state index is 12.0. The minimum absolute atomic E-state index is 0.418. The number of carbonyl (C=O) groups is 1. The Balaban J connectivity index is 1.89. The summed E-state index contributed by atoms with van der Waals surface area (Å²) in [7, 11) is 0. The molecule has 0 heterocycles. The first-order chi connectivity index (χ1) is 16.1. The van der Waals surface area contributed by atoms with E-state index in [1.807, 2.05) is 54.6 Å². The van der Waals surface area contributed by atoms with Crippen molar-refractivity contribution < 1.29 is 14.3 Å². The third-order valence-electron chi connectivity index (χ3n) is 6.11. The van der Waals surface area contributed by atoms with Gasteiger partial charge in [0.15, 0.2) is 0 Å². The molecule has 6 nitrogen and oxygen atoms in total. The average molecular weight is 442 g/mol. The van der Waals surface area contributed by atoms with Crippen LogP contribution in [0.2, 0.25) is 0 Å². The van der Waals surface area contributed by atoms with Crippen LogP contribution in [0.1, 0.15) is 42.9 Å². The van der Waals surface area contributed by atoms with E-state index < -0.39 is 29.8 Å². The van der Waals surface area contributed by atoms with Crippen molar-refractivity contribution in [2.24, 2.45) is 5.11 Å². The van der Waals surface area contributed by atoms with Crippen LogP contribution in [0.15, 0.2) is 96.1 Å². The Morgan fingerprint density at radius 1 is 0.879 bits per heavy atom. The highest BCUT2D eigenvalue weighted by atomic mass is 16.6. The van der Waals surface area contributed by atoms with Gasteiger partial charge in [-0.2, -0.15) is 0 Å². The normalized spacial score (nSPS) is 20.5. The van der Waals surface area contributed by atoms with Crippen molar-refractivity contribution in [3.8, 4) is 0 Å². The number of nitrogens with zero attached hydrogens (tertiary/aromatic N) is 3. The molecule has 0 bridgehead atoms. The van der Waals surface area contributed by atoms with E-state index in [4.69, 9.17) is 15.0 Å². The number of azide groups is 1. The summed E-state index contributed by atoms with van der Waals surface area (Å²) in [4.78, 5) is 15.0. The largest absolute Gasteiger partial charge is 0.459 e. The molecule has 1 aliphatic carbocycles. The van der Waals surface area contributed by atoms with Crippen molar-refractivity contribution >= 4 is 5.97 Å². The van der Waals surface area contributed by atoms with Gasteiger partial charge in [0.05, 0.1) is 12.1 Å². The van der Waals surface area contributed by atoms with Crippen molar-refractivity contribution in [1.82, 2.24) is 0 Å². The lowest BCUT2D eigenvalue weighted by Gasteiger charge is -2.43. The Labute approximate surface area is 193 Å². The van der Waals surface area contributed by atoms with Gasteiger partial charge in [-0.15, -0.1) is 0 Å². The summed E-state index contributed by atoms with van der Waals surface area (Å²) >= 11 is 0. The second kappa shape index (κ2) is 10.3. The highest BCUT2D eigenvalue weighted by molar-refractivity contribution is 5.66. The lowest BCUT2D eigenvalue weighted by molar-refractivity contribution is -0.170. The molecule has 3 atom stereocenters. The maximum Gasteiger partial charge on any atom is 0.303 e. The summed E-state index contributed by atoms with van der Waals surface area (Å²) in [6, 6.07) is 29.7. The van der Waals surface area contributed by atoms with Gasteiger partial charge in [0.25, 0.3) is 0 Å². The van der Waals surface area contributed by atoms with Gasteiger partial charge in [-0.05, 0) is 35.1 Å². The van der Waals surface area contributed by atoms with Crippen molar-refractivity contribution in [1.29, 1.82) is 0 Å². The molecule has 1 aliphatic rings. The number of hydrogen-bond donors (Lipinski definition) is 0. The fourth-order valence-electron chi connectivity index (χ4n) is 4.72. The molecule has 4 rings (SSSR count).